The maximum atomic E-state index is 12.7. The lowest BCUT2D eigenvalue weighted by atomic mass is 9.94. The molecule has 0 aromatic heterocycles. The SMILES string of the molecule is CCOC(=O)CC(=C1CCCCC1)[P]1(O)N(c2ccccc2)CCN1c1ccccc1. The van der Waals surface area contributed by atoms with Crippen LogP contribution in [0.4, 0.5) is 11.4 Å². The summed E-state index contributed by atoms with van der Waals surface area (Å²) >= 11 is 0. The summed E-state index contributed by atoms with van der Waals surface area (Å²) in [5, 5.41) is 0.899. The van der Waals surface area contributed by atoms with Crippen LogP contribution < -0.4 is 9.34 Å². The lowest BCUT2D eigenvalue weighted by Crippen LogP contribution is -2.28. The van der Waals surface area contributed by atoms with Gasteiger partial charge in [0.05, 0.1) is 13.0 Å². The molecule has 4 rings (SSSR count). The molecule has 165 valence electrons. The molecule has 0 unspecified atom stereocenters. The van der Waals surface area contributed by atoms with Gasteiger partial charge in [0.2, 0.25) is 0 Å². The third kappa shape index (κ3) is 4.49. The van der Waals surface area contributed by atoms with E-state index in [9.17, 15) is 9.69 Å². The number of carbonyl (C=O) groups excluding carboxylic acids is 1. The molecule has 31 heavy (non-hydrogen) atoms. The highest BCUT2D eigenvalue weighted by Crippen LogP contribution is 2.74. The molecular formula is C25H32N2O3P. The maximum Gasteiger partial charge on any atom is 0.310 e. The van der Waals surface area contributed by atoms with Crippen molar-refractivity contribution < 1.29 is 14.4 Å². The van der Waals surface area contributed by atoms with Gasteiger partial charge < -0.3 is 19.0 Å². The number of esters is 1. The van der Waals surface area contributed by atoms with Gasteiger partial charge in [-0.2, -0.15) is 0 Å². The van der Waals surface area contributed by atoms with Gasteiger partial charge >= 0.3 is 5.97 Å². The van der Waals surface area contributed by atoms with Gasteiger partial charge in [-0.3, -0.25) is 4.79 Å². The lowest BCUT2D eigenvalue weighted by Gasteiger charge is -2.45. The molecule has 1 aliphatic carbocycles. The fraction of sp³-hybridized carbons (Fsp3) is 0.400. The highest BCUT2D eigenvalue weighted by atomic mass is 31.2. The molecule has 1 heterocycles. The molecule has 1 N–H and O–H groups in total. The molecule has 1 saturated carbocycles. The number of carbonyl (C=O) groups is 1. The van der Waals surface area contributed by atoms with Gasteiger partial charge in [-0.25, -0.2) is 0 Å². The second-order valence-corrected chi connectivity index (χ2v) is 10.7. The van der Waals surface area contributed by atoms with Crippen molar-refractivity contribution in [3.63, 3.8) is 0 Å². The third-order valence-electron chi connectivity index (χ3n) is 6.15. The van der Waals surface area contributed by atoms with Crippen molar-refractivity contribution in [2.45, 2.75) is 45.4 Å². The molecule has 0 amide bonds. The molecule has 5 nitrogen and oxygen atoms in total. The Bertz CT molecular complexity index is 861. The first-order valence-electron chi connectivity index (χ1n) is 11.3. The molecule has 0 bridgehead atoms. The molecule has 2 aliphatic rings. The van der Waals surface area contributed by atoms with Crippen LogP contribution in [0.2, 0.25) is 0 Å². The van der Waals surface area contributed by atoms with Gasteiger partial charge in [0, 0.05) is 29.8 Å². The smallest absolute Gasteiger partial charge is 0.310 e. The van der Waals surface area contributed by atoms with E-state index in [-0.39, 0.29) is 12.4 Å². The lowest BCUT2D eigenvalue weighted by molar-refractivity contribution is -0.142. The number of para-hydroxylation sites is 2. The second-order valence-electron chi connectivity index (χ2n) is 8.08. The van der Waals surface area contributed by atoms with Crippen molar-refractivity contribution >= 4 is 25.1 Å². The predicted octanol–water partition coefficient (Wildman–Crippen LogP) is 5.94. The highest BCUT2D eigenvalue weighted by molar-refractivity contribution is 7.77. The van der Waals surface area contributed by atoms with E-state index in [1.807, 2.05) is 67.6 Å². The standard InChI is InChI=1S/C25H32N2O3P/c1-2-30-25(28)20-24(21-12-6-3-7-13-21)31(29)26(22-14-8-4-9-15-22)18-19-27(31)23-16-10-5-11-17-23/h4-5,8-11,14-17,29H,2-3,6-7,12-13,18-20H2,1H3. The van der Waals surface area contributed by atoms with Crippen molar-refractivity contribution in [2.24, 2.45) is 0 Å². The van der Waals surface area contributed by atoms with Crippen molar-refractivity contribution in [3.05, 3.63) is 71.6 Å². The summed E-state index contributed by atoms with van der Waals surface area (Å²) in [6.45, 7) is 3.60. The minimum Gasteiger partial charge on any atom is -0.466 e. The molecule has 1 radical (unpaired) electrons. The zero-order valence-corrected chi connectivity index (χ0v) is 19.1. The van der Waals surface area contributed by atoms with E-state index >= 15 is 0 Å². The number of hydrogen-bond acceptors (Lipinski definition) is 5. The first-order chi connectivity index (χ1) is 15.1. The average molecular weight is 440 g/mol. The van der Waals surface area contributed by atoms with Gasteiger partial charge in [-0.15, -0.1) is 0 Å². The monoisotopic (exact) mass is 439 g/mol. The second kappa shape index (κ2) is 9.84. The molecule has 2 aromatic rings. The van der Waals surface area contributed by atoms with Crippen LogP contribution in [0.5, 0.6) is 0 Å². The number of rotatable bonds is 6. The quantitative estimate of drug-likeness (QED) is 0.446. The summed E-state index contributed by atoms with van der Waals surface area (Å²) < 4.78 is 9.64. The summed E-state index contributed by atoms with van der Waals surface area (Å²) in [7, 11) is -2.99. The van der Waals surface area contributed by atoms with Crippen LogP contribution in [0.1, 0.15) is 45.4 Å². The molecular weight excluding hydrogens is 407 g/mol. The highest BCUT2D eigenvalue weighted by Gasteiger charge is 2.49. The summed E-state index contributed by atoms with van der Waals surface area (Å²) in [4.78, 5) is 25.3. The van der Waals surface area contributed by atoms with Gasteiger partial charge in [0.1, 0.15) is 0 Å². The summed E-state index contributed by atoms with van der Waals surface area (Å²) in [6, 6.07) is 20.2. The Labute approximate surface area is 185 Å². The summed E-state index contributed by atoms with van der Waals surface area (Å²) in [5.41, 5.74) is 3.24. The van der Waals surface area contributed by atoms with Gasteiger partial charge in [0.25, 0.3) is 0 Å². The van der Waals surface area contributed by atoms with Crippen molar-refractivity contribution in [3.8, 4) is 0 Å². The number of benzene rings is 2. The summed E-state index contributed by atoms with van der Waals surface area (Å²) in [6.07, 6.45) is 5.47. The third-order valence-corrected chi connectivity index (χ3v) is 9.56. The Balaban J connectivity index is 1.85. The van der Waals surface area contributed by atoms with E-state index in [0.717, 1.165) is 42.4 Å². The number of nitrogens with zero attached hydrogens (tertiary/aromatic N) is 2. The Morgan fingerprint density at radius 2 is 1.42 bits per heavy atom. The van der Waals surface area contributed by atoms with E-state index in [4.69, 9.17) is 4.74 Å². The van der Waals surface area contributed by atoms with Crippen molar-refractivity contribution in [1.82, 2.24) is 0 Å². The molecule has 6 heteroatoms. The molecule has 2 fully saturated rings. The van der Waals surface area contributed by atoms with Crippen molar-refractivity contribution in [1.29, 1.82) is 0 Å². The first kappa shape index (κ1) is 21.9. The predicted molar refractivity (Wildman–Crippen MR) is 128 cm³/mol. The van der Waals surface area contributed by atoms with E-state index in [1.54, 1.807) is 0 Å². The Morgan fingerprint density at radius 3 is 1.90 bits per heavy atom. The van der Waals surface area contributed by atoms with Crippen molar-refractivity contribution in [2.75, 3.05) is 29.0 Å². The Hall–Kier alpha value is -2.36. The first-order valence-corrected chi connectivity index (χ1v) is 12.9. The largest absolute Gasteiger partial charge is 0.466 e. The minimum absolute atomic E-state index is 0.153. The van der Waals surface area contributed by atoms with Crippen LogP contribution in [0.25, 0.3) is 0 Å². The fourth-order valence-corrected chi connectivity index (χ4v) is 8.21. The molecule has 1 aliphatic heterocycles. The zero-order valence-electron chi connectivity index (χ0n) is 18.2. The number of anilines is 2. The minimum atomic E-state index is -2.99. The number of allylic oxidation sites excluding steroid dienone is 1. The fourth-order valence-electron chi connectivity index (χ4n) is 4.73. The molecule has 0 spiro atoms. The van der Waals surface area contributed by atoms with Crippen LogP contribution in [0, 0.1) is 0 Å². The van der Waals surface area contributed by atoms with E-state index < -0.39 is 7.79 Å². The van der Waals surface area contributed by atoms with Crippen LogP contribution in [0.3, 0.4) is 0 Å². The van der Waals surface area contributed by atoms with Gasteiger partial charge in [-0.05, 0) is 56.9 Å². The normalized spacial score (nSPS) is 18.2. The maximum absolute atomic E-state index is 12.7. The average Bonchev–Trinajstić information content (AvgIpc) is 3.17. The van der Waals surface area contributed by atoms with Crippen LogP contribution in [0.15, 0.2) is 71.6 Å². The van der Waals surface area contributed by atoms with E-state index in [2.05, 4.69) is 9.34 Å². The van der Waals surface area contributed by atoms with Gasteiger partial charge in [0.15, 0.2) is 7.79 Å². The van der Waals surface area contributed by atoms with Crippen LogP contribution in [-0.4, -0.2) is 30.6 Å². The van der Waals surface area contributed by atoms with Gasteiger partial charge in [-0.1, -0.05) is 48.4 Å². The number of ether oxygens (including phenoxy) is 1. The molecule has 0 atom stereocenters. The summed E-state index contributed by atoms with van der Waals surface area (Å²) in [5.74, 6) is -0.253. The Morgan fingerprint density at radius 1 is 0.903 bits per heavy atom. The van der Waals surface area contributed by atoms with Crippen LogP contribution >= 0.6 is 7.79 Å². The Kier molecular flexibility index (Phi) is 6.94. The zero-order chi connectivity index (χ0) is 21.7. The van der Waals surface area contributed by atoms with E-state index in [0.29, 0.717) is 19.7 Å². The molecule has 1 saturated heterocycles. The van der Waals surface area contributed by atoms with E-state index in [1.165, 1.54) is 12.0 Å². The molecule has 2 aromatic carbocycles. The number of hydrogen-bond donors (Lipinski definition) is 1. The van der Waals surface area contributed by atoms with Crippen LogP contribution in [-0.2, 0) is 9.53 Å². The topological polar surface area (TPSA) is 53.0 Å².